The van der Waals surface area contributed by atoms with Crippen LogP contribution < -0.4 is 5.32 Å². The molecule has 41 heavy (non-hydrogen) atoms. The minimum absolute atomic E-state index is 0.00000926. The second kappa shape index (κ2) is 8.77. The van der Waals surface area contributed by atoms with Crippen molar-refractivity contribution in [2.24, 2.45) is 5.92 Å². The number of likely N-dealkylation sites (tertiary alicyclic amines) is 1. The Kier molecular flexibility index (Phi) is 5.40. The summed E-state index contributed by atoms with van der Waals surface area (Å²) >= 11 is 12.7. The number of carboxylic acids is 1. The van der Waals surface area contributed by atoms with E-state index >= 15 is 4.39 Å². The van der Waals surface area contributed by atoms with Gasteiger partial charge in [0.25, 0.3) is 0 Å². The van der Waals surface area contributed by atoms with E-state index in [-0.39, 0.29) is 28.5 Å². The molecule has 1 saturated carbocycles. The fourth-order valence-electron chi connectivity index (χ4n) is 7.73. The largest absolute Gasteiger partial charge is 0.478 e. The van der Waals surface area contributed by atoms with Crippen LogP contribution in [-0.2, 0) is 16.9 Å². The van der Waals surface area contributed by atoms with E-state index in [1.807, 2.05) is 6.07 Å². The summed E-state index contributed by atoms with van der Waals surface area (Å²) < 4.78 is 18.3. The van der Waals surface area contributed by atoms with E-state index in [0.717, 1.165) is 36.2 Å². The lowest BCUT2D eigenvalue weighted by atomic mass is 9.70. The quantitative estimate of drug-likeness (QED) is 0.287. The first-order chi connectivity index (χ1) is 19.8. The zero-order chi connectivity index (χ0) is 28.2. The summed E-state index contributed by atoms with van der Waals surface area (Å²) in [6.45, 7) is 1.36. The van der Waals surface area contributed by atoms with Crippen molar-refractivity contribution in [1.29, 1.82) is 0 Å². The monoisotopic (exact) mass is 590 g/mol. The third kappa shape index (κ3) is 3.44. The maximum absolute atomic E-state index is 16.1. The van der Waals surface area contributed by atoms with Crippen molar-refractivity contribution in [2.45, 2.75) is 49.2 Å². The van der Waals surface area contributed by atoms with Crippen LogP contribution in [0.2, 0.25) is 10.0 Å². The molecule has 1 saturated heterocycles. The number of carbonyl (C=O) groups is 2. The molecule has 208 valence electrons. The van der Waals surface area contributed by atoms with Crippen LogP contribution in [0.1, 0.15) is 58.4 Å². The van der Waals surface area contributed by atoms with E-state index in [2.05, 4.69) is 14.8 Å². The van der Waals surface area contributed by atoms with Crippen LogP contribution in [-0.4, -0.2) is 44.0 Å². The molecule has 0 radical (unpaired) electrons. The number of hydrogen-bond donors (Lipinski definition) is 2. The molecule has 3 aromatic carbocycles. The van der Waals surface area contributed by atoms with Gasteiger partial charge < -0.3 is 15.0 Å². The third-order valence-corrected chi connectivity index (χ3v) is 10.0. The number of imidazole rings is 1. The van der Waals surface area contributed by atoms with Crippen LogP contribution in [0.4, 0.5) is 10.1 Å². The van der Waals surface area contributed by atoms with Crippen molar-refractivity contribution < 1.29 is 19.1 Å². The van der Waals surface area contributed by atoms with Crippen LogP contribution in [0.5, 0.6) is 0 Å². The average Bonchev–Trinajstić information content (AvgIpc) is 3.53. The highest BCUT2D eigenvalue weighted by atomic mass is 35.5. The molecule has 4 aromatic rings. The molecule has 0 bridgehead atoms. The highest BCUT2D eigenvalue weighted by Crippen LogP contribution is 2.64. The zero-order valence-corrected chi connectivity index (χ0v) is 23.3. The Morgan fingerprint density at radius 3 is 2.73 bits per heavy atom. The molecular formula is C31H25Cl2FN4O3. The number of nitrogens with one attached hydrogen (secondary N) is 1. The Labute approximate surface area is 244 Å². The molecule has 1 spiro atoms. The summed E-state index contributed by atoms with van der Waals surface area (Å²) in [6.07, 6.45) is 2.91. The number of carboxylic acid groups (broad SMARTS) is 1. The number of fused-ring (bicyclic) bond motifs is 7. The summed E-state index contributed by atoms with van der Waals surface area (Å²) in [5.41, 5.74) is 2.13. The molecule has 1 aliphatic carbocycles. The van der Waals surface area contributed by atoms with Crippen molar-refractivity contribution in [3.05, 3.63) is 93.0 Å². The lowest BCUT2D eigenvalue weighted by Gasteiger charge is -2.40. The predicted octanol–water partition coefficient (Wildman–Crippen LogP) is 6.39. The molecule has 8 rings (SSSR count). The van der Waals surface area contributed by atoms with Gasteiger partial charge in [-0.15, -0.1) is 0 Å². The fourth-order valence-corrected chi connectivity index (χ4v) is 8.08. The highest BCUT2D eigenvalue weighted by molar-refractivity contribution is 6.31. The summed E-state index contributed by atoms with van der Waals surface area (Å²) in [6, 6.07) is 15.3. The summed E-state index contributed by atoms with van der Waals surface area (Å²) in [7, 11) is 0. The maximum Gasteiger partial charge on any atom is 0.335 e. The normalized spacial score (nSPS) is 26.7. The molecule has 1 aromatic heterocycles. The molecule has 1 unspecified atom stereocenters. The van der Waals surface area contributed by atoms with Gasteiger partial charge in [0.1, 0.15) is 17.2 Å². The van der Waals surface area contributed by atoms with Gasteiger partial charge in [0.15, 0.2) is 0 Å². The molecule has 1 amide bonds. The van der Waals surface area contributed by atoms with Gasteiger partial charge in [0.05, 0.1) is 21.6 Å². The zero-order valence-electron chi connectivity index (χ0n) is 21.8. The van der Waals surface area contributed by atoms with Crippen molar-refractivity contribution in [3.8, 4) is 0 Å². The fraction of sp³-hybridized carbons (Fsp3) is 0.323. The first-order valence-electron chi connectivity index (χ1n) is 13.8. The smallest absolute Gasteiger partial charge is 0.335 e. The Morgan fingerprint density at radius 2 is 1.95 bits per heavy atom. The molecular weight excluding hydrogens is 566 g/mol. The Morgan fingerprint density at radius 1 is 1.12 bits per heavy atom. The summed E-state index contributed by atoms with van der Waals surface area (Å²) in [4.78, 5) is 33.5. The minimum atomic E-state index is -1.21. The van der Waals surface area contributed by atoms with E-state index in [4.69, 9.17) is 28.2 Å². The van der Waals surface area contributed by atoms with Gasteiger partial charge in [-0.3, -0.25) is 9.69 Å². The molecule has 10 heteroatoms. The van der Waals surface area contributed by atoms with E-state index in [1.54, 1.807) is 42.5 Å². The summed E-state index contributed by atoms with van der Waals surface area (Å²) in [5.74, 6) is -1.59. The number of halogens is 3. The first-order valence-corrected chi connectivity index (χ1v) is 14.6. The van der Waals surface area contributed by atoms with Crippen molar-refractivity contribution in [2.75, 3.05) is 11.9 Å². The minimum Gasteiger partial charge on any atom is -0.478 e. The topological polar surface area (TPSA) is 87.5 Å². The third-order valence-electron chi connectivity index (χ3n) is 9.50. The van der Waals surface area contributed by atoms with Crippen molar-refractivity contribution in [1.82, 2.24) is 14.5 Å². The van der Waals surface area contributed by atoms with Crippen molar-refractivity contribution in [3.63, 3.8) is 0 Å². The number of aromatic nitrogens is 2. The van der Waals surface area contributed by atoms with E-state index < -0.39 is 23.2 Å². The number of hydrogen-bond acceptors (Lipinski definition) is 4. The first kappa shape index (κ1) is 25.3. The van der Waals surface area contributed by atoms with Crippen LogP contribution in [0.15, 0.2) is 54.6 Å². The number of carbonyl (C=O) groups excluding carboxylic acids is 1. The molecule has 4 aliphatic rings. The number of aryl methyl sites for hydroxylation is 1. The second-order valence-corrected chi connectivity index (χ2v) is 12.5. The predicted molar refractivity (Wildman–Crippen MR) is 153 cm³/mol. The molecule has 4 atom stereocenters. The van der Waals surface area contributed by atoms with Gasteiger partial charge in [-0.25, -0.2) is 14.2 Å². The van der Waals surface area contributed by atoms with Crippen LogP contribution in [0, 0.1) is 11.7 Å². The molecule has 2 fully saturated rings. The van der Waals surface area contributed by atoms with Gasteiger partial charge in [-0.05, 0) is 67.1 Å². The lowest BCUT2D eigenvalue weighted by molar-refractivity contribution is -0.128. The highest BCUT2D eigenvalue weighted by Gasteiger charge is 2.69. The molecule has 7 nitrogen and oxygen atoms in total. The van der Waals surface area contributed by atoms with Crippen LogP contribution in [0.3, 0.4) is 0 Å². The van der Waals surface area contributed by atoms with Crippen LogP contribution >= 0.6 is 23.2 Å². The number of anilines is 1. The van der Waals surface area contributed by atoms with Gasteiger partial charge in [0.2, 0.25) is 5.91 Å². The number of benzene rings is 3. The standard InChI is InChI=1S/C31H25Cl2FN4O3/c32-17-7-8-19-21(13-17)36-30(41)31(19)26(18-2-1-3-20(33)27(18)34)25-24(38(31)14-15-4-5-15)10-11-37-23-9-6-16(29(39)40)12-22(23)35-28(25)37/h1-3,6-9,12-13,15,24-26H,4-5,10-11,14H2,(H,36,41)(H,39,40)/t24-,25+,26?,31+/m1/s1. The lowest BCUT2D eigenvalue weighted by Crippen LogP contribution is -2.53. The second-order valence-electron chi connectivity index (χ2n) is 11.6. The molecule has 4 heterocycles. The van der Waals surface area contributed by atoms with Gasteiger partial charge in [-0.2, -0.15) is 0 Å². The maximum atomic E-state index is 16.1. The van der Waals surface area contributed by atoms with E-state index in [1.165, 1.54) is 6.07 Å². The number of rotatable bonds is 4. The Bertz CT molecular complexity index is 1800. The van der Waals surface area contributed by atoms with Crippen LogP contribution in [0.25, 0.3) is 11.0 Å². The van der Waals surface area contributed by atoms with E-state index in [9.17, 15) is 14.7 Å². The van der Waals surface area contributed by atoms with Gasteiger partial charge in [0, 0.05) is 47.2 Å². The van der Waals surface area contributed by atoms with Crippen molar-refractivity contribution >= 4 is 51.8 Å². The summed E-state index contributed by atoms with van der Waals surface area (Å²) in [5, 5.41) is 13.2. The Hall–Kier alpha value is -3.46. The SMILES string of the molecule is O=C(O)c1ccc2c(c1)nc1n2CC[C@@H]2[C@H]1C(c1cccc(Cl)c1F)[C@@]1(C(=O)Nc3cc(Cl)ccc31)N2CC1CC1. The molecule has 3 aliphatic heterocycles. The Balaban J connectivity index is 1.43. The average molecular weight is 591 g/mol. The van der Waals surface area contributed by atoms with Gasteiger partial charge in [-0.1, -0.05) is 41.4 Å². The number of amides is 1. The van der Waals surface area contributed by atoms with Gasteiger partial charge >= 0.3 is 5.97 Å². The number of nitrogens with zero attached hydrogens (tertiary/aromatic N) is 3. The van der Waals surface area contributed by atoms with E-state index in [0.29, 0.717) is 40.8 Å². The molecule has 2 N–H and O–H groups in total. The number of aromatic carboxylic acids is 1.